The number of carbonyl (C=O) groups is 1. The molecule has 1 fully saturated rings. The summed E-state index contributed by atoms with van der Waals surface area (Å²) in [6.07, 6.45) is 6.90. The van der Waals surface area contributed by atoms with Gasteiger partial charge in [0.1, 0.15) is 5.76 Å². The fourth-order valence-electron chi connectivity index (χ4n) is 3.16. The molecule has 1 unspecified atom stereocenters. The van der Waals surface area contributed by atoms with Gasteiger partial charge in [0.15, 0.2) is 0 Å². The summed E-state index contributed by atoms with van der Waals surface area (Å²) in [7, 11) is -3.57. The van der Waals surface area contributed by atoms with Crippen LogP contribution in [-0.2, 0) is 19.6 Å². The average molecular weight is 380 g/mol. The third-order valence-electron chi connectivity index (χ3n) is 4.56. The molecule has 2 rings (SSSR count). The van der Waals surface area contributed by atoms with E-state index in [0.29, 0.717) is 23.6 Å². The van der Waals surface area contributed by atoms with Crippen LogP contribution < -0.4 is 0 Å². The van der Waals surface area contributed by atoms with Crippen LogP contribution >= 0.6 is 0 Å². The Bertz CT molecular complexity index is 738. The minimum Gasteiger partial charge on any atom is -0.432 e. The molecular weight excluding hydrogens is 350 g/mol. The lowest BCUT2D eigenvalue weighted by Crippen LogP contribution is -2.42. The second-order valence-electron chi connectivity index (χ2n) is 6.82. The Hall–Kier alpha value is -1.66. The maximum Gasteiger partial charge on any atom is 0.307 e. The van der Waals surface area contributed by atoms with Gasteiger partial charge in [0, 0.05) is 25.9 Å². The van der Waals surface area contributed by atoms with Crippen molar-refractivity contribution in [3.63, 3.8) is 0 Å². The molecule has 1 aromatic carbocycles. The number of hydrogen-bond acceptors (Lipinski definition) is 4. The number of ether oxygens (including phenoxy) is 1. The topological polar surface area (TPSA) is 63.7 Å². The van der Waals surface area contributed by atoms with E-state index in [1.54, 1.807) is 16.4 Å². The van der Waals surface area contributed by atoms with E-state index < -0.39 is 10.0 Å². The molecule has 0 amide bonds. The van der Waals surface area contributed by atoms with E-state index >= 15 is 0 Å². The van der Waals surface area contributed by atoms with Crippen molar-refractivity contribution in [1.29, 1.82) is 0 Å². The molecule has 1 heterocycles. The number of carbonyl (C=O) groups excluding carboxylic acids is 1. The Morgan fingerprint density at radius 2 is 1.96 bits per heavy atom. The molecule has 1 atom stereocenters. The van der Waals surface area contributed by atoms with Crippen LogP contribution in [0.25, 0.3) is 0 Å². The summed E-state index contributed by atoms with van der Waals surface area (Å²) in [6.45, 7) is 5.86. The maximum absolute atomic E-state index is 13.1. The van der Waals surface area contributed by atoms with Crippen LogP contribution in [-0.4, -0.2) is 31.3 Å². The van der Waals surface area contributed by atoms with Crippen molar-refractivity contribution in [2.75, 3.05) is 6.54 Å². The molecule has 26 heavy (non-hydrogen) atoms. The first-order chi connectivity index (χ1) is 12.3. The monoisotopic (exact) mass is 379 g/mol. The van der Waals surface area contributed by atoms with E-state index in [9.17, 15) is 13.2 Å². The van der Waals surface area contributed by atoms with Crippen molar-refractivity contribution in [3.05, 3.63) is 41.7 Å². The van der Waals surface area contributed by atoms with E-state index in [4.69, 9.17) is 4.74 Å². The van der Waals surface area contributed by atoms with Gasteiger partial charge in [0.05, 0.1) is 4.90 Å². The number of unbranched alkanes of at least 4 members (excludes halogenated alkanes) is 1. The first-order valence-corrected chi connectivity index (χ1v) is 10.8. The highest BCUT2D eigenvalue weighted by Crippen LogP contribution is 2.28. The van der Waals surface area contributed by atoms with Crippen LogP contribution in [0.15, 0.2) is 41.0 Å². The van der Waals surface area contributed by atoms with E-state index in [1.807, 2.05) is 25.1 Å². The number of hydrogen-bond donors (Lipinski definition) is 0. The Morgan fingerprint density at radius 3 is 2.58 bits per heavy atom. The summed E-state index contributed by atoms with van der Waals surface area (Å²) in [5.74, 6) is 0.214. The lowest BCUT2D eigenvalue weighted by atomic mass is 10.0. The van der Waals surface area contributed by atoms with Gasteiger partial charge in [-0.25, -0.2) is 8.42 Å². The van der Waals surface area contributed by atoms with Crippen molar-refractivity contribution in [2.24, 2.45) is 0 Å². The Morgan fingerprint density at radius 1 is 1.27 bits per heavy atom. The highest BCUT2D eigenvalue weighted by molar-refractivity contribution is 7.89. The zero-order valence-corrected chi connectivity index (χ0v) is 16.7. The molecule has 0 radical (unpaired) electrons. The second-order valence-corrected chi connectivity index (χ2v) is 8.71. The number of aryl methyl sites for hydroxylation is 1. The second kappa shape index (κ2) is 9.33. The summed E-state index contributed by atoms with van der Waals surface area (Å²) in [5.41, 5.74) is 1.02. The number of benzene rings is 1. The zero-order valence-electron chi connectivity index (χ0n) is 15.9. The summed E-state index contributed by atoms with van der Waals surface area (Å²) < 4.78 is 33.1. The highest BCUT2D eigenvalue weighted by atomic mass is 32.2. The van der Waals surface area contributed by atoms with E-state index in [0.717, 1.165) is 37.7 Å². The first kappa shape index (κ1) is 20.6. The highest BCUT2D eigenvalue weighted by Gasteiger charge is 2.32. The maximum atomic E-state index is 13.1. The number of piperidine rings is 1. The zero-order chi connectivity index (χ0) is 19.2. The number of nitrogens with zero attached hydrogens (tertiary/aromatic N) is 1. The van der Waals surface area contributed by atoms with Gasteiger partial charge in [0.25, 0.3) is 0 Å². The third kappa shape index (κ3) is 5.42. The van der Waals surface area contributed by atoms with Crippen molar-refractivity contribution in [1.82, 2.24) is 4.31 Å². The molecule has 144 valence electrons. The van der Waals surface area contributed by atoms with Crippen LogP contribution in [0.2, 0.25) is 0 Å². The minimum atomic E-state index is -3.57. The number of sulfonamides is 1. The van der Waals surface area contributed by atoms with Crippen LogP contribution in [0.1, 0.15) is 57.9 Å². The molecule has 0 bridgehead atoms. The molecule has 0 aliphatic carbocycles. The fraction of sp³-hybridized carbons (Fsp3) is 0.550. The van der Waals surface area contributed by atoms with Gasteiger partial charge >= 0.3 is 5.97 Å². The molecule has 0 aromatic heterocycles. The van der Waals surface area contributed by atoms with Crippen LogP contribution in [0.4, 0.5) is 0 Å². The van der Waals surface area contributed by atoms with Gasteiger partial charge in [-0.15, -0.1) is 0 Å². The van der Waals surface area contributed by atoms with Gasteiger partial charge in [0.2, 0.25) is 10.0 Å². The Kier molecular flexibility index (Phi) is 7.41. The number of esters is 1. The fourth-order valence-corrected chi connectivity index (χ4v) is 4.80. The smallest absolute Gasteiger partial charge is 0.307 e. The summed E-state index contributed by atoms with van der Waals surface area (Å²) in [6, 6.07) is 6.66. The van der Waals surface area contributed by atoms with Gasteiger partial charge in [-0.05, 0) is 44.4 Å². The van der Waals surface area contributed by atoms with Crippen LogP contribution in [0.5, 0.6) is 0 Å². The lowest BCUT2D eigenvalue weighted by molar-refractivity contribution is -0.137. The van der Waals surface area contributed by atoms with Crippen LogP contribution in [0, 0.1) is 6.92 Å². The minimum absolute atomic E-state index is 0.277. The molecule has 0 saturated carbocycles. The van der Waals surface area contributed by atoms with E-state index in [-0.39, 0.29) is 12.0 Å². The van der Waals surface area contributed by atoms with Crippen molar-refractivity contribution >= 4 is 16.0 Å². The van der Waals surface area contributed by atoms with Crippen molar-refractivity contribution in [3.8, 4) is 0 Å². The Labute approximate surface area is 157 Å². The molecule has 6 heteroatoms. The quantitative estimate of drug-likeness (QED) is 0.527. The Balaban J connectivity index is 2.31. The summed E-state index contributed by atoms with van der Waals surface area (Å²) >= 11 is 0. The normalized spacial score (nSPS) is 19.3. The predicted molar refractivity (Wildman–Crippen MR) is 102 cm³/mol. The molecular formula is C20H29NO4S. The summed E-state index contributed by atoms with van der Waals surface area (Å²) in [4.78, 5) is 11.7. The standard InChI is InChI=1S/C20H29NO4S/c1-4-5-9-19(25-17(3)22)15-18-8-6-7-14-21(18)26(23,24)20-12-10-16(2)11-13-20/h10-13,15,18H,4-9,14H2,1-3H3/b19-15+. The van der Waals surface area contributed by atoms with Crippen LogP contribution in [0.3, 0.4) is 0 Å². The first-order valence-electron chi connectivity index (χ1n) is 9.32. The molecule has 5 nitrogen and oxygen atoms in total. The van der Waals surface area contributed by atoms with E-state index in [1.165, 1.54) is 6.92 Å². The van der Waals surface area contributed by atoms with Crippen molar-refractivity contribution in [2.45, 2.75) is 70.2 Å². The molecule has 1 aliphatic rings. The number of allylic oxidation sites excluding steroid dienone is 1. The average Bonchev–Trinajstić information content (AvgIpc) is 2.60. The number of rotatable bonds is 7. The molecule has 1 aromatic rings. The third-order valence-corrected chi connectivity index (χ3v) is 6.49. The lowest BCUT2D eigenvalue weighted by Gasteiger charge is -2.33. The van der Waals surface area contributed by atoms with Gasteiger partial charge in [-0.1, -0.05) is 37.5 Å². The van der Waals surface area contributed by atoms with E-state index in [2.05, 4.69) is 6.92 Å². The molecule has 1 aliphatic heterocycles. The largest absolute Gasteiger partial charge is 0.432 e. The predicted octanol–water partition coefficient (Wildman–Crippen LogP) is 4.18. The summed E-state index contributed by atoms with van der Waals surface area (Å²) in [5, 5.41) is 0. The van der Waals surface area contributed by atoms with Gasteiger partial charge in [-0.2, -0.15) is 4.31 Å². The van der Waals surface area contributed by atoms with Crippen molar-refractivity contribution < 1.29 is 17.9 Å². The SMILES string of the molecule is CCCC/C(=C\C1CCCCN1S(=O)(=O)c1ccc(C)cc1)OC(C)=O. The van der Waals surface area contributed by atoms with Gasteiger partial charge < -0.3 is 4.74 Å². The molecule has 0 N–H and O–H groups in total. The molecule has 1 saturated heterocycles. The van der Waals surface area contributed by atoms with Gasteiger partial charge in [-0.3, -0.25) is 4.79 Å². The molecule has 0 spiro atoms.